The molecular formula is C23H30N4O3S. The van der Waals surface area contributed by atoms with Crippen molar-refractivity contribution in [2.24, 2.45) is 0 Å². The first-order chi connectivity index (χ1) is 14.8. The number of amides is 1. The minimum Gasteiger partial charge on any atom is -0.343 e. The van der Waals surface area contributed by atoms with E-state index < -0.39 is 10.0 Å². The van der Waals surface area contributed by atoms with Crippen LogP contribution in [0.25, 0.3) is 0 Å². The average Bonchev–Trinajstić information content (AvgIpc) is 2.78. The van der Waals surface area contributed by atoms with E-state index in [1.54, 1.807) is 30.4 Å². The molecule has 2 atom stereocenters. The minimum absolute atomic E-state index is 0.0395. The van der Waals surface area contributed by atoms with E-state index in [-0.39, 0.29) is 24.5 Å². The number of benzene rings is 1. The quantitative estimate of drug-likeness (QED) is 0.740. The first-order valence-corrected chi connectivity index (χ1v) is 12.3. The standard InChI is InChI=1S/C23H30N4O3S/c1-17-23(28)26(2)16-21(27(17)15-18-6-5-11-24-13-18)14-25-31(29,30)22-10-9-19-7-3-4-8-20(19)12-22/h5-6,9-13,17,21,25H,3-4,7-8,14-16H2,1-2H3/t17-,21+/m0/s1. The SMILES string of the molecule is C[C@H]1C(=O)N(C)C[C@@H](CNS(=O)(=O)c2ccc3c(c2)CCCC3)N1Cc1cccnc1. The fourth-order valence-electron chi connectivity index (χ4n) is 4.60. The Labute approximate surface area is 184 Å². The fourth-order valence-corrected chi connectivity index (χ4v) is 5.73. The maximum atomic E-state index is 13.0. The van der Waals surface area contributed by atoms with Gasteiger partial charge in [0, 0.05) is 45.1 Å². The number of sulfonamides is 1. The number of pyridine rings is 1. The number of aryl methyl sites for hydroxylation is 2. The van der Waals surface area contributed by atoms with Gasteiger partial charge in [-0.1, -0.05) is 12.1 Å². The summed E-state index contributed by atoms with van der Waals surface area (Å²) in [4.78, 5) is 20.8. The molecule has 1 saturated heterocycles. The number of hydrogen-bond donors (Lipinski definition) is 1. The van der Waals surface area contributed by atoms with E-state index in [1.165, 1.54) is 5.56 Å². The van der Waals surface area contributed by atoms with Crippen LogP contribution in [-0.2, 0) is 34.2 Å². The van der Waals surface area contributed by atoms with Gasteiger partial charge in [0.1, 0.15) is 0 Å². The zero-order valence-corrected chi connectivity index (χ0v) is 18.9. The number of carbonyl (C=O) groups is 1. The highest BCUT2D eigenvalue weighted by atomic mass is 32.2. The highest BCUT2D eigenvalue weighted by Gasteiger charge is 2.37. The van der Waals surface area contributed by atoms with Gasteiger partial charge in [-0.05, 0) is 67.5 Å². The van der Waals surface area contributed by atoms with E-state index >= 15 is 0 Å². The summed E-state index contributed by atoms with van der Waals surface area (Å²) in [6.45, 7) is 3.12. The van der Waals surface area contributed by atoms with Gasteiger partial charge < -0.3 is 4.90 Å². The van der Waals surface area contributed by atoms with Crippen molar-refractivity contribution in [3.63, 3.8) is 0 Å². The number of aromatic nitrogens is 1. The molecule has 4 rings (SSSR count). The smallest absolute Gasteiger partial charge is 0.240 e. The monoisotopic (exact) mass is 442 g/mol. The van der Waals surface area contributed by atoms with Crippen molar-refractivity contribution in [2.45, 2.75) is 56.1 Å². The van der Waals surface area contributed by atoms with Gasteiger partial charge in [-0.25, -0.2) is 13.1 Å². The third-order valence-corrected chi connectivity index (χ3v) is 7.83. The number of likely N-dealkylation sites (N-methyl/N-ethyl adjacent to an activating group) is 1. The number of rotatable bonds is 6. The van der Waals surface area contributed by atoms with Crippen LogP contribution in [0.5, 0.6) is 0 Å². The van der Waals surface area contributed by atoms with Gasteiger partial charge in [-0.15, -0.1) is 0 Å². The molecule has 0 unspecified atom stereocenters. The van der Waals surface area contributed by atoms with Gasteiger partial charge in [-0.2, -0.15) is 0 Å². The highest BCUT2D eigenvalue weighted by Crippen LogP contribution is 2.24. The summed E-state index contributed by atoms with van der Waals surface area (Å²) < 4.78 is 28.9. The molecule has 1 aromatic heterocycles. The molecule has 2 heterocycles. The first-order valence-electron chi connectivity index (χ1n) is 10.9. The van der Waals surface area contributed by atoms with Gasteiger partial charge >= 0.3 is 0 Å². The van der Waals surface area contributed by atoms with E-state index in [9.17, 15) is 13.2 Å². The van der Waals surface area contributed by atoms with Gasteiger partial charge in [-0.3, -0.25) is 14.7 Å². The predicted molar refractivity (Wildman–Crippen MR) is 119 cm³/mol. The van der Waals surface area contributed by atoms with Crippen LogP contribution in [-0.4, -0.2) is 61.3 Å². The van der Waals surface area contributed by atoms with Gasteiger partial charge in [0.25, 0.3) is 0 Å². The Hall–Kier alpha value is -2.29. The highest BCUT2D eigenvalue weighted by molar-refractivity contribution is 7.89. The number of nitrogens with zero attached hydrogens (tertiary/aromatic N) is 3. The molecule has 1 aliphatic heterocycles. The van der Waals surface area contributed by atoms with E-state index in [0.29, 0.717) is 18.0 Å². The Bertz CT molecular complexity index is 1040. The Balaban J connectivity index is 1.51. The summed E-state index contributed by atoms with van der Waals surface area (Å²) in [6, 6.07) is 8.85. The zero-order chi connectivity index (χ0) is 22.0. The molecular weight excluding hydrogens is 412 g/mol. The van der Waals surface area contributed by atoms with Crippen LogP contribution in [0, 0.1) is 0 Å². The Morgan fingerprint density at radius 2 is 1.94 bits per heavy atom. The normalized spacial score (nSPS) is 22.4. The third-order valence-electron chi connectivity index (χ3n) is 6.41. The summed E-state index contributed by atoms with van der Waals surface area (Å²) in [5.74, 6) is 0.0395. The maximum Gasteiger partial charge on any atom is 0.240 e. The lowest BCUT2D eigenvalue weighted by Gasteiger charge is -2.43. The maximum absolute atomic E-state index is 13.0. The summed E-state index contributed by atoms with van der Waals surface area (Å²) in [6.07, 6.45) is 7.72. The molecule has 166 valence electrons. The lowest BCUT2D eigenvalue weighted by molar-refractivity contribution is -0.142. The molecule has 1 aliphatic carbocycles. The second kappa shape index (κ2) is 9.06. The second-order valence-electron chi connectivity index (χ2n) is 8.57. The van der Waals surface area contributed by atoms with Crippen LogP contribution in [0.4, 0.5) is 0 Å². The molecule has 0 saturated carbocycles. The molecule has 0 spiro atoms. The van der Waals surface area contributed by atoms with Gasteiger partial charge in [0.15, 0.2) is 0 Å². The molecule has 1 fully saturated rings. The molecule has 0 bridgehead atoms. The number of piperazine rings is 1. The number of fused-ring (bicyclic) bond motifs is 1. The topological polar surface area (TPSA) is 82.6 Å². The second-order valence-corrected chi connectivity index (χ2v) is 10.3. The molecule has 1 aromatic carbocycles. The van der Waals surface area contributed by atoms with Crippen LogP contribution in [0.15, 0.2) is 47.6 Å². The molecule has 0 radical (unpaired) electrons. The van der Waals surface area contributed by atoms with Crippen LogP contribution in [0.3, 0.4) is 0 Å². The molecule has 2 aliphatic rings. The lowest BCUT2D eigenvalue weighted by atomic mass is 9.92. The first kappa shape index (κ1) is 21.9. The molecule has 1 amide bonds. The van der Waals surface area contributed by atoms with Gasteiger partial charge in [0.2, 0.25) is 15.9 Å². The largest absolute Gasteiger partial charge is 0.343 e. The Morgan fingerprint density at radius 3 is 2.68 bits per heavy atom. The van der Waals surface area contributed by atoms with Crippen molar-refractivity contribution < 1.29 is 13.2 Å². The van der Waals surface area contributed by atoms with Crippen LogP contribution in [0.2, 0.25) is 0 Å². The third kappa shape index (κ3) is 4.81. The lowest BCUT2D eigenvalue weighted by Crippen LogP contribution is -2.62. The molecule has 1 N–H and O–H groups in total. The Morgan fingerprint density at radius 1 is 1.16 bits per heavy atom. The van der Waals surface area contributed by atoms with E-state index in [1.807, 2.05) is 31.2 Å². The summed E-state index contributed by atoms with van der Waals surface area (Å²) >= 11 is 0. The number of nitrogens with one attached hydrogen (secondary N) is 1. The fraction of sp³-hybridized carbons (Fsp3) is 0.478. The number of hydrogen-bond acceptors (Lipinski definition) is 5. The molecule has 2 aromatic rings. The van der Waals surface area contributed by atoms with Crippen LogP contribution >= 0.6 is 0 Å². The molecule has 8 heteroatoms. The van der Waals surface area contributed by atoms with E-state index in [2.05, 4.69) is 14.6 Å². The van der Waals surface area contributed by atoms with Gasteiger partial charge in [0.05, 0.1) is 10.9 Å². The van der Waals surface area contributed by atoms with Crippen LogP contribution in [0.1, 0.15) is 36.5 Å². The van der Waals surface area contributed by atoms with Crippen molar-refractivity contribution in [3.05, 3.63) is 59.4 Å². The average molecular weight is 443 g/mol. The Kier molecular flexibility index (Phi) is 6.41. The van der Waals surface area contributed by atoms with Crippen molar-refractivity contribution in [1.29, 1.82) is 0 Å². The zero-order valence-electron chi connectivity index (χ0n) is 18.1. The molecule has 31 heavy (non-hydrogen) atoms. The van der Waals surface area contributed by atoms with Crippen molar-refractivity contribution in [2.75, 3.05) is 20.1 Å². The van der Waals surface area contributed by atoms with Crippen molar-refractivity contribution in [1.82, 2.24) is 19.5 Å². The predicted octanol–water partition coefficient (Wildman–Crippen LogP) is 1.97. The van der Waals surface area contributed by atoms with E-state index in [0.717, 1.165) is 36.8 Å². The van der Waals surface area contributed by atoms with E-state index in [4.69, 9.17) is 0 Å². The van der Waals surface area contributed by atoms with Crippen molar-refractivity contribution in [3.8, 4) is 0 Å². The minimum atomic E-state index is -3.63. The van der Waals surface area contributed by atoms with Crippen molar-refractivity contribution >= 4 is 15.9 Å². The van der Waals surface area contributed by atoms with Crippen LogP contribution < -0.4 is 4.72 Å². The summed E-state index contributed by atoms with van der Waals surface area (Å²) in [5.41, 5.74) is 3.40. The summed E-state index contributed by atoms with van der Waals surface area (Å²) in [7, 11) is -1.86. The summed E-state index contributed by atoms with van der Waals surface area (Å²) in [5, 5.41) is 0. The number of carbonyl (C=O) groups excluding carboxylic acids is 1. The molecule has 7 nitrogen and oxygen atoms in total.